The molecule has 2 aromatic rings. The van der Waals surface area contributed by atoms with Crippen LogP contribution in [0.2, 0.25) is 0 Å². The Kier molecular flexibility index (Phi) is 8.82. The highest BCUT2D eigenvalue weighted by Crippen LogP contribution is 2.87. The van der Waals surface area contributed by atoms with E-state index in [1.165, 1.54) is 23.1 Å². The maximum atomic E-state index is 15.9. The number of hydrogen-bond donors (Lipinski definition) is 1. The second-order valence-electron chi connectivity index (χ2n) is 21.2. The molecule has 15 rings (SSSR count). The van der Waals surface area contributed by atoms with Crippen LogP contribution in [0.3, 0.4) is 0 Å². The molecule has 4 fully saturated rings. The Bertz CT molecular complexity index is 2230. The Morgan fingerprint density at radius 1 is 0.933 bits per heavy atom. The molecule has 2 N–H and O–H groups in total. The third-order valence-corrected chi connectivity index (χ3v) is 18.4. The number of rotatable bonds is 5. The number of fused-ring (bicyclic) bond motifs is 7. The summed E-state index contributed by atoms with van der Waals surface area (Å²) in [5.41, 5.74) is 13.6. The number of carbonyl (C=O) groups excluding carboxylic acids is 2. The monoisotopic (exact) mass is 807 g/mol. The molecule has 60 heavy (non-hydrogen) atoms. The number of benzene rings is 2. The zero-order valence-corrected chi connectivity index (χ0v) is 36.1. The van der Waals surface area contributed by atoms with E-state index < -0.39 is 16.4 Å². The molecule has 7 heteroatoms. The lowest BCUT2D eigenvalue weighted by Crippen LogP contribution is -2.77. The van der Waals surface area contributed by atoms with E-state index in [9.17, 15) is 4.79 Å². The molecule has 2 aromatic carbocycles. The maximum Gasteiger partial charge on any atom is 0.339 e. The second kappa shape index (κ2) is 13.9. The summed E-state index contributed by atoms with van der Waals surface area (Å²) in [7, 11) is 0. The average Bonchev–Trinajstić information content (AvgIpc) is 3.69. The molecule has 0 aromatic heterocycles. The number of hydrogen-bond acceptors (Lipinski definition) is 7. The van der Waals surface area contributed by atoms with Gasteiger partial charge in [0.15, 0.2) is 5.60 Å². The van der Waals surface area contributed by atoms with Gasteiger partial charge < -0.3 is 20.1 Å². The summed E-state index contributed by atoms with van der Waals surface area (Å²) >= 11 is 0. The number of ether oxygens (including phenoxy) is 2. The lowest BCUT2D eigenvalue weighted by atomic mass is 9.28. The zero-order valence-electron chi connectivity index (χ0n) is 36.1. The highest BCUT2D eigenvalue weighted by Gasteiger charge is 2.92. The third kappa shape index (κ3) is 4.91. The fourth-order valence-corrected chi connectivity index (χ4v) is 16.6. The van der Waals surface area contributed by atoms with Gasteiger partial charge in [0.2, 0.25) is 0 Å². The molecule has 7 nitrogen and oxygen atoms in total. The molecule has 0 amide bonds. The minimum absolute atomic E-state index is 0.0523. The number of esters is 2. The fraction of sp³-hybridized carbons (Fsp3) is 0.623. The number of nitrogens with two attached hydrogens (primary N) is 1. The van der Waals surface area contributed by atoms with Crippen LogP contribution < -0.4 is 5.73 Å². The van der Waals surface area contributed by atoms with Crippen LogP contribution in [-0.4, -0.2) is 60.5 Å². The zero-order chi connectivity index (χ0) is 40.5. The number of nitrogens with zero attached hydrogens (tertiary/aromatic N) is 2. The van der Waals surface area contributed by atoms with Crippen molar-refractivity contribution in [3.05, 3.63) is 105 Å². The molecule has 1 saturated carbocycles. The molecule has 12 atom stereocenters. The Morgan fingerprint density at radius 2 is 1.77 bits per heavy atom. The molecular formula is C53H65N3O4. The molecule has 3 saturated heterocycles. The fourth-order valence-electron chi connectivity index (χ4n) is 16.6. The molecule has 8 aliphatic heterocycles. The van der Waals surface area contributed by atoms with Gasteiger partial charge in [-0.15, -0.1) is 0 Å². The van der Waals surface area contributed by atoms with Crippen molar-refractivity contribution < 1.29 is 19.1 Å². The van der Waals surface area contributed by atoms with Gasteiger partial charge in [0.05, 0.1) is 11.0 Å². The minimum Gasteiger partial charge on any atom is -0.449 e. The summed E-state index contributed by atoms with van der Waals surface area (Å²) in [5, 5.41) is 0. The Balaban J connectivity index is 1.14. The van der Waals surface area contributed by atoms with Gasteiger partial charge in [0.1, 0.15) is 11.2 Å². The maximum absolute atomic E-state index is 15.9. The highest BCUT2D eigenvalue weighted by molar-refractivity contribution is 6.00. The van der Waals surface area contributed by atoms with Gasteiger partial charge >= 0.3 is 11.9 Å². The Morgan fingerprint density at radius 3 is 2.60 bits per heavy atom. The lowest BCUT2D eigenvalue weighted by Gasteiger charge is -2.72. The van der Waals surface area contributed by atoms with Crippen molar-refractivity contribution >= 4 is 11.9 Å². The first-order chi connectivity index (χ1) is 29.3. The normalized spacial score (nSPS) is 40.7. The molecule has 316 valence electrons. The first-order valence-corrected chi connectivity index (χ1v) is 24.3. The van der Waals surface area contributed by atoms with Gasteiger partial charge in [0, 0.05) is 55.3 Å². The van der Waals surface area contributed by atoms with Gasteiger partial charge in [-0.3, -0.25) is 9.69 Å². The van der Waals surface area contributed by atoms with E-state index >= 15 is 4.79 Å². The SMILES string of the molecule is CCC[C@H]1CC=C2OC(=O)[C@@]34C5=C6CC[C@@]23[C@]2(OC(=O)c3c(CCCN)cccc32)[C@H]4CCCCc2cccc(c2)C[C@@H](C5)[C@@H]2[C@H]6C(=CC[C@H]2C)N2C[C@H]3C[C@@H](C2)CN1C3. The van der Waals surface area contributed by atoms with Crippen LogP contribution in [0.5, 0.6) is 0 Å². The topological polar surface area (TPSA) is 85.1 Å². The molecule has 13 bridgehead atoms. The predicted octanol–water partition coefficient (Wildman–Crippen LogP) is 9.05. The largest absolute Gasteiger partial charge is 0.449 e. The minimum atomic E-state index is -0.965. The van der Waals surface area contributed by atoms with Crippen molar-refractivity contribution in [1.82, 2.24) is 9.80 Å². The van der Waals surface area contributed by atoms with Crippen LogP contribution >= 0.6 is 0 Å². The molecule has 5 aliphatic carbocycles. The molecule has 13 aliphatic rings. The lowest BCUT2D eigenvalue weighted by molar-refractivity contribution is -0.278. The van der Waals surface area contributed by atoms with Gasteiger partial charge in [-0.25, -0.2) is 4.79 Å². The van der Waals surface area contributed by atoms with Gasteiger partial charge in [-0.05, 0) is 142 Å². The molecule has 3 spiro atoms. The van der Waals surface area contributed by atoms with E-state index in [0.29, 0.717) is 48.1 Å². The van der Waals surface area contributed by atoms with E-state index in [-0.39, 0.29) is 17.9 Å². The molecule has 0 radical (unpaired) electrons. The second-order valence-corrected chi connectivity index (χ2v) is 21.2. The molecule has 1 unspecified atom stereocenters. The van der Waals surface area contributed by atoms with Gasteiger partial charge in [-0.1, -0.05) is 86.4 Å². The first kappa shape index (κ1) is 38.0. The summed E-state index contributed by atoms with van der Waals surface area (Å²) < 4.78 is 14.3. The van der Waals surface area contributed by atoms with Crippen LogP contribution in [-0.2, 0) is 39.1 Å². The van der Waals surface area contributed by atoms with Crippen LogP contribution in [0.15, 0.2) is 77.2 Å². The van der Waals surface area contributed by atoms with Crippen LogP contribution in [0.25, 0.3) is 0 Å². The number of carbonyl (C=O) groups is 2. The standard InChI is InChI=1S/C53H65N3O4/c1-3-9-39-18-20-45-51-22-21-40-42-27-38(46-32(2)17-19-43(48(40)46)56-30-35-25-36(31-56)29-55(39)28-35)26-34-12-6-11-33(24-34)10-4-5-16-44(52(42,51)50(58)59-45)53(51)41-15-7-13-37(14-8-23-54)47(41)49(57)60-53/h6-7,11-13,15,19-20,24,32,35-36,38-39,44,46,48H,3-5,8-10,14,16-18,21-23,25-31,54H2,1-2H3/t32-,35-,36+,38+,39+,44+,46-,48-,51-,52+,53-/m1/s1. The van der Waals surface area contributed by atoms with Crippen molar-refractivity contribution in [2.75, 3.05) is 32.7 Å². The summed E-state index contributed by atoms with van der Waals surface area (Å²) in [6.07, 6.45) is 19.6. The smallest absolute Gasteiger partial charge is 0.339 e. The van der Waals surface area contributed by atoms with Crippen LogP contribution in [0.1, 0.15) is 124 Å². The van der Waals surface area contributed by atoms with Gasteiger partial charge in [-0.2, -0.15) is 0 Å². The molecular weight excluding hydrogens is 743 g/mol. The summed E-state index contributed by atoms with van der Waals surface area (Å²) in [6, 6.07) is 16.3. The van der Waals surface area contributed by atoms with E-state index in [1.54, 1.807) is 11.3 Å². The van der Waals surface area contributed by atoms with E-state index in [1.807, 2.05) is 0 Å². The highest BCUT2D eigenvalue weighted by atomic mass is 16.6. The Labute approximate surface area is 357 Å². The number of allylic oxidation sites excluding steroid dienone is 2. The van der Waals surface area contributed by atoms with Crippen molar-refractivity contribution in [3.8, 4) is 0 Å². The average molecular weight is 808 g/mol. The van der Waals surface area contributed by atoms with Gasteiger partial charge in [0.25, 0.3) is 0 Å². The molecule has 8 heterocycles. The van der Waals surface area contributed by atoms with E-state index in [2.05, 4.69) is 78.3 Å². The summed E-state index contributed by atoms with van der Waals surface area (Å²) in [6.45, 7) is 10.00. The quantitative estimate of drug-likeness (QED) is 0.239. The van der Waals surface area contributed by atoms with E-state index in [0.717, 1.165) is 139 Å². The summed E-state index contributed by atoms with van der Waals surface area (Å²) in [5.74, 6) is 3.46. The first-order valence-electron chi connectivity index (χ1n) is 24.3. The number of piperidine rings is 2. The number of aryl methyl sites for hydroxylation is 2. The van der Waals surface area contributed by atoms with Crippen molar-refractivity contribution in [2.45, 2.75) is 122 Å². The van der Waals surface area contributed by atoms with E-state index in [4.69, 9.17) is 15.2 Å². The van der Waals surface area contributed by atoms with Crippen molar-refractivity contribution in [3.63, 3.8) is 0 Å². The van der Waals surface area contributed by atoms with Crippen LogP contribution in [0, 0.1) is 52.3 Å². The van der Waals surface area contributed by atoms with Crippen LogP contribution in [0.4, 0.5) is 0 Å². The van der Waals surface area contributed by atoms with Crippen molar-refractivity contribution in [1.29, 1.82) is 0 Å². The third-order valence-electron chi connectivity index (χ3n) is 18.4. The Hall–Kier alpha value is -3.68. The summed E-state index contributed by atoms with van der Waals surface area (Å²) in [4.78, 5) is 36.4. The predicted molar refractivity (Wildman–Crippen MR) is 232 cm³/mol. The van der Waals surface area contributed by atoms with Crippen molar-refractivity contribution in [2.24, 2.45) is 58.0 Å².